The number of nitrogens with zero attached hydrogens (tertiary/aromatic N) is 3. The number of likely N-dealkylation sites (tertiary alicyclic amines) is 1. The molecule has 1 aromatic heterocycles. The summed E-state index contributed by atoms with van der Waals surface area (Å²) in [4.78, 5) is 14.0. The predicted octanol–water partition coefficient (Wildman–Crippen LogP) is 0.957. The van der Waals surface area contributed by atoms with E-state index in [1.807, 2.05) is 18.7 Å². The van der Waals surface area contributed by atoms with E-state index >= 15 is 0 Å². The number of carbonyl (C=O) groups is 1. The molecule has 0 bridgehead atoms. The summed E-state index contributed by atoms with van der Waals surface area (Å²) in [5.41, 5.74) is 7.14. The number of anilines is 1. The van der Waals surface area contributed by atoms with Crippen molar-refractivity contribution < 1.29 is 4.79 Å². The molecule has 2 heterocycles. The van der Waals surface area contributed by atoms with Gasteiger partial charge in [0.25, 0.3) is 0 Å². The second-order valence-corrected chi connectivity index (χ2v) is 4.36. The Morgan fingerprint density at radius 3 is 2.62 bits per heavy atom. The van der Waals surface area contributed by atoms with E-state index in [2.05, 4.69) is 5.10 Å². The van der Waals surface area contributed by atoms with Gasteiger partial charge in [-0.05, 0) is 26.7 Å². The van der Waals surface area contributed by atoms with Crippen molar-refractivity contribution in [3.63, 3.8) is 0 Å². The van der Waals surface area contributed by atoms with E-state index in [9.17, 15) is 4.79 Å². The SMILES string of the molecule is Cc1nn(C(C)C(=O)N2CCCC2)cc1N. The van der Waals surface area contributed by atoms with Crippen molar-refractivity contribution in [3.8, 4) is 0 Å². The first-order valence-electron chi connectivity index (χ1n) is 5.69. The molecular formula is C11H18N4O. The summed E-state index contributed by atoms with van der Waals surface area (Å²) in [6, 6.07) is -0.255. The maximum atomic E-state index is 12.1. The highest BCUT2D eigenvalue weighted by Gasteiger charge is 2.25. The minimum atomic E-state index is -0.255. The third-order valence-corrected chi connectivity index (χ3v) is 3.13. The van der Waals surface area contributed by atoms with E-state index in [4.69, 9.17) is 5.73 Å². The minimum Gasteiger partial charge on any atom is -0.396 e. The first kappa shape index (κ1) is 11.0. The Morgan fingerprint density at radius 2 is 2.12 bits per heavy atom. The number of amides is 1. The Labute approximate surface area is 95.2 Å². The predicted molar refractivity (Wildman–Crippen MR) is 61.9 cm³/mol. The molecule has 0 aromatic carbocycles. The van der Waals surface area contributed by atoms with Crippen LogP contribution in [0.25, 0.3) is 0 Å². The van der Waals surface area contributed by atoms with Crippen LogP contribution in [0.1, 0.15) is 31.5 Å². The summed E-state index contributed by atoms with van der Waals surface area (Å²) in [5.74, 6) is 0.139. The quantitative estimate of drug-likeness (QED) is 0.810. The molecule has 1 unspecified atom stereocenters. The van der Waals surface area contributed by atoms with Gasteiger partial charge in [0.05, 0.1) is 11.4 Å². The summed E-state index contributed by atoms with van der Waals surface area (Å²) in [6.07, 6.45) is 3.95. The van der Waals surface area contributed by atoms with Crippen molar-refractivity contribution in [1.29, 1.82) is 0 Å². The average Bonchev–Trinajstić information content (AvgIpc) is 2.87. The average molecular weight is 222 g/mol. The van der Waals surface area contributed by atoms with E-state index in [0.29, 0.717) is 5.69 Å². The fourth-order valence-electron chi connectivity index (χ4n) is 2.01. The molecule has 2 rings (SSSR count). The number of aromatic nitrogens is 2. The lowest BCUT2D eigenvalue weighted by molar-refractivity contribution is -0.133. The number of nitrogens with two attached hydrogens (primary N) is 1. The van der Waals surface area contributed by atoms with Gasteiger partial charge in [-0.2, -0.15) is 5.10 Å². The molecule has 0 aliphatic carbocycles. The second kappa shape index (κ2) is 4.15. The van der Waals surface area contributed by atoms with Crippen LogP contribution in [0.5, 0.6) is 0 Å². The normalized spacial score (nSPS) is 17.8. The molecule has 1 amide bonds. The van der Waals surface area contributed by atoms with Crippen LogP contribution in [0.4, 0.5) is 5.69 Å². The van der Waals surface area contributed by atoms with Crippen molar-refractivity contribution in [1.82, 2.24) is 14.7 Å². The smallest absolute Gasteiger partial charge is 0.247 e. The van der Waals surface area contributed by atoms with Crippen LogP contribution in [0.3, 0.4) is 0 Å². The number of rotatable bonds is 2. The van der Waals surface area contributed by atoms with Gasteiger partial charge in [0, 0.05) is 19.3 Å². The van der Waals surface area contributed by atoms with Gasteiger partial charge in [0.1, 0.15) is 6.04 Å². The molecular weight excluding hydrogens is 204 g/mol. The van der Waals surface area contributed by atoms with E-state index in [1.54, 1.807) is 10.9 Å². The van der Waals surface area contributed by atoms with Gasteiger partial charge < -0.3 is 10.6 Å². The summed E-state index contributed by atoms with van der Waals surface area (Å²) in [5, 5.41) is 4.25. The Morgan fingerprint density at radius 1 is 1.50 bits per heavy atom. The summed E-state index contributed by atoms with van der Waals surface area (Å²) in [7, 11) is 0. The zero-order valence-corrected chi connectivity index (χ0v) is 9.81. The zero-order valence-electron chi connectivity index (χ0n) is 9.81. The lowest BCUT2D eigenvalue weighted by Gasteiger charge is -2.20. The van der Waals surface area contributed by atoms with E-state index in [-0.39, 0.29) is 11.9 Å². The minimum absolute atomic E-state index is 0.139. The highest BCUT2D eigenvalue weighted by atomic mass is 16.2. The number of carbonyl (C=O) groups excluding carboxylic acids is 1. The highest BCUT2D eigenvalue weighted by Crippen LogP contribution is 2.17. The maximum Gasteiger partial charge on any atom is 0.247 e. The van der Waals surface area contributed by atoms with Crippen molar-refractivity contribution >= 4 is 11.6 Å². The van der Waals surface area contributed by atoms with Crippen LogP contribution in [0.2, 0.25) is 0 Å². The molecule has 16 heavy (non-hydrogen) atoms. The maximum absolute atomic E-state index is 12.1. The molecule has 1 aromatic rings. The number of hydrogen-bond donors (Lipinski definition) is 1. The van der Waals surface area contributed by atoms with Gasteiger partial charge >= 0.3 is 0 Å². The summed E-state index contributed by atoms with van der Waals surface area (Å²) >= 11 is 0. The molecule has 1 atom stereocenters. The monoisotopic (exact) mass is 222 g/mol. The molecule has 88 valence electrons. The summed E-state index contributed by atoms with van der Waals surface area (Å²) in [6.45, 7) is 5.46. The first-order valence-corrected chi connectivity index (χ1v) is 5.69. The molecule has 5 nitrogen and oxygen atoms in total. The van der Waals surface area contributed by atoms with Crippen molar-refractivity contribution in [2.45, 2.75) is 32.7 Å². The van der Waals surface area contributed by atoms with Gasteiger partial charge in [-0.1, -0.05) is 0 Å². The van der Waals surface area contributed by atoms with Crippen LogP contribution < -0.4 is 5.73 Å². The third-order valence-electron chi connectivity index (χ3n) is 3.13. The zero-order chi connectivity index (χ0) is 11.7. The van der Waals surface area contributed by atoms with E-state index < -0.39 is 0 Å². The third kappa shape index (κ3) is 1.89. The molecule has 5 heteroatoms. The van der Waals surface area contributed by atoms with E-state index in [1.165, 1.54) is 0 Å². The molecule has 1 fully saturated rings. The fourth-order valence-corrected chi connectivity index (χ4v) is 2.01. The van der Waals surface area contributed by atoms with Crippen molar-refractivity contribution in [2.75, 3.05) is 18.8 Å². The van der Waals surface area contributed by atoms with Crippen LogP contribution in [-0.2, 0) is 4.79 Å². The van der Waals surface area contributed by atoms with Crippen molar-refractivity contribution in [3.05, 3.63) is 11.9 Å². The summed E-state index contributed by atoms with van der Waals surface area (Å²) < 4.78 is 1.66. The van der Waals surface area contributed by atoms with Crippen LogP contribution in [0, 0.1) is 6.92 Å². The lowest BCUT2D eigenvalue weighted by atomic mass is 10.3. The Bertz CT molecular complexity index is 373. The highest BCUT2D eigenvalue weighted by molar-refractivity contribution is 5.80. The molecule has 1 aliphatic rings. The fraction of sp³-hybridized carbons (Fsp3) is 0.636. The van der Waals surface area contributed by atoms with Gasteiger partial charge in [-0.25, -0.2) is 0 Å². The van der Waals surface area contributed by atoms with Gasteiger partial charge in [-0.3, -0.25) is 9.48 Å². The van der Waals surface area contributed by atoms with Gasteiger partial charge in [0.2, 0.25) is 5.91 Å². The molecule has 1 aliphatic heterocycles. The number of aryl methyl sites for hydroxylation is 1. The molecule has 0 radical (unpaired) electrons. The number of hydrogen-bond acceptors (Lipinski definition) is 3. The number of nitrogen functional groups attached to an aromatic ring is 1. The van der Waals surface area contributed by atoms with Gasteiger partial charge in [-0.15, -0.1) is 0 Å². The molecule has 0 saturated carbocycles. The molecule has 1 saturated heterocycles. The standard InChI is InChI=1S/C11H18N4O/c1-8-10(12)7-15(13-8)9(2)11(16)14-5-3-4-6-14/h7,9H,3-6,12H2,1-2H3. The van der Waals surface area contributed by atoms with Crippen molar-refractivity contribution in [2.24, 2.45) is 0 Å². The molecule has 2 N–H and O–H groups in total. The largest absolute Gasteiger partial charge is 0.396 e. The van der Waals surface area contributed by atoms with Crippen LogP contribution in [-0.4, -0.2) is 33.7 Å². The Hall–Kier alpha value is -1.52. The van der Waals surface area contributed by atoms with E-state index in [0.717, 1.165) is 31.6 Å². The van der Waals surface area contributed by atoms with Crippen LogP contribution >= 0.6 is 0 Å². The lowest BCUT2D eigenvalue weighted by Crippen LogP contribution is -2.34. The topological polar surface area (TPSA) is 64.2 Å². The first-order chi connectivity index (χ1) is 7.59. The molecule has 0 spiro atoms. The Kier molecular flexibility index (Phi) is 2.85. The van der Waals surface area contributed by atoms with Crippen LogP contribution in [0.15, 0.2) is 6.20 Å². The second-order valence-electron chi connectivity index (χ2n) is 4.36. The van der Waals surface area contributed by atoms with Gasteiger partial charge in [0.15, 0.2) is 0 Å². The Balaban J connectivity index is 2.11.